The van der Waals surface area contributed by atoms with Crippen LogP contribution in [0.1, 0.15) is 46.5 Å². The van der Waals surface area contributed by atoms with E-state index in [4.69, 9.17) is 5.73 Å². The minimum absolute atomic E-state index is 0.0923. The van der Waals surface area contributed by atoms with E-state index in [1.165, 1.54) is 0 Å². The van der Waals surface area contributed by atoms with Crippen LogP contribution in [0.5, 0.6) is 0 Å². The average Bonchev–Trinajstić information content (AvgIpc) is 2.90. The Morgan fingerprint density at radius 1 is 1.25 bits per heavy atom. The fourth-order valence-corrected chi connectivity index (χ4v) is 4.75. The monoisotopic (exact) mass is 382 g/mol. The number of nitrogens with zero attached hydrogens (tertiary/aromatic N) is 3. The first-order valence-electron chi connectivity index (χ1n) is 9.53. The summed E-state index contributed by atoms with van der Waals surface area (Å²) in [4.78, 5) is 26.2. The molecule has 0 aliphatic heterocycles. The van der Waals surface area contributed by atoms with Gasteiger partial charge < -0.3 is 10.8 Å². The van der Waals surface area contributed by atoms with E-state index in [0.29, 0.717) is 0 Å². The summed E-state index contributed by atoms with van der Waals surface area (Å²) < 4.78 is 0. The summed E-state index contributed by atoms with van der Waals surface area (Å²) >= 11 is 0. The maximum Gasteiger partial charge on any atom is 0.172 e. The van der Waals surface area contributed by atoms with Crippen LogP contribution in [0.25, 0.3) is 0 Å². The number of nitrogens with two attached hydrogens (primary N) is 1. The minimum atomic E-state index is -1.86. The molecule has 0 spiro atoms. The highest BCUT2D eigenvalue weighted by Crippen LogP contribution is 2.56. The topological polar surface area (TPSA) is 152 Å². The standard InChI is InChI=1S/C21H26N4O3/c1-12(2)15-5-4-13(3)17(18(15)28)16(27)7-21(11-24)19(25)14(8-26)6-20(21,9-22)10-23/h12-13,15,17,26H,4-8,25H2,1-3H3. The molecule has 7 heteroatoms. The second kappa shape index (κ2) is 7.74. The molecule has 4 unspecified atom stereocenters. The molecule has 28 heavy (non-hydrogen) atoms. The van der Waals surface area contributed by atoms with E-state index >= 15 is 0 Å². The highest BCUT2D eigenvalue weighted by Gasteiger charge is 2.62. The van der Waals surface area contributed by atoms with Crippen LogP contribution in [0.3, 0.4) is 0 Å². The molecular formula is C21H26N4O3. The van der Waals surface area contributed by atoms with Crippen LogP contribution < -0.4 is 5.73 Å². The van der Waals surface area contributed by atoms with E-state index < -0.39 is 35.6 Å². The van der Waals surface area contributed by atoms with E-state index in [-0.39, 0.29) is 41.2 Å². The molecule has 1 saturated carbocycles. The van der Waals surface area contributed by atoms with Gasteiger partial charge in [0.2, 0.25) is 0 Å². The van der Waals surface area contributed by atoms with Crippen molar-refractivity contribution in [1.82, 2.24) is 0 Å². The predicted molar refractivity (Wildman–Crippen MR) is 99.5 cm³/mol. The fraction of sp³-hybridized carbons (Fsp3) is 0.667. The smallest absolute Gasteiger partial charge is 0.172 e. The van der Waals surface area contributed by atoms with Gasteiger partial charge in [-0.3, -0.25) is 9.59 Å². The number of aliphatic hydroxyl groups is 1. The van der Waals surface area contributed by atoms with Gasteiger partial charge in [0.05, 0.1) is 30.7 Å². The van der Waals surface area contributed by atoms with Gasteiger partial charge in [0, 0.05) is 24.5 Å². The van der Waals surface area contributed by atoms with Crippen LogP contribution in [0.15, 0.2) is 11.3 Å². The minimum Gasteiger partial charge on any atom is -0.401 e. The number of nitriles is 3. The zero-order valence-electron chi connectivity index (χ0n) is 16.5. The van der Waals surface area contributed by atoms with E-state index in [1.54, 1.807) is 0 Å². The maximum absolute atomic E-state index is 13.2. The molecule has 4 atom stereocenters. The third-order valence-corrected chi connectivity index (χ3v) is 6.58. The Labute approximate surface area is 165 Å². The summed E-state index contributed by atoms with van der Waals surface area (Å²) in [5.41, 5.74) is 2.49. The highest BCUT2D eigenvalue weighted by molar-refractivity contribution is 6.04. The summed E-state index contributed by atoms with van der Waals surface area (Å²) in [6.45, 7) is 5.23. The molecule has 0 radical (unpaired) electrons. The number of carbonyl (C=O) groups excluding carboxylic acids is 2. The number of aliphatic hydroxyl groups excluding tert-OH is 1. The third-order valence-electron chi connectivity index (χ3n) is 6.58. The molecule has 1 fully saturated rings. The summed E-state index contributed by atoms with van der Waals surface area (Å²) in [7, 11) is 0. The third kappa shape index (κ3) is 2.99. The average molecular weight is 382 g/mol. The SMILES string of the molecule is CC(C)C1CCC(C)C(C(=O)CC2(C#N)C(N)=C(CO)CC2(C#N)C#N)C1=O. The Morgan fingerprint density at radius 3 is 2.32 bits per heavy atom. The Morgan fingerprint density at radius 2 is 1.86 bits per heavy atom. The lowest BCUT2D eigenvalue weighted by atomic mass is 9.61. The van der Waals surface area contributed by atoms with Gasteiger partial charge in [-0.05, 0) is 30.3 Å². The second-order valence-corrected chi connectivity index (χ2v) is 8.43. The van der Waals surface area contributed by atoms with Gasteiger partial charge in [-0.25, -0.2) is 0 Å². The van der Waals surface area contributed by atoms with Gasteiger partial charge in [0.15, 0.2) is 5.41 Å². The van der Waals surface area contributed by atoms with Crippen LogP contribution >= 0.6 is 0 Å². The lowest BCUT2D eigenvalue weighted by Crippen LogP contribution is -2.46. The van der Waals surface area contributed by atoms with Crippen molar-refractivity contribution in [2.75, 3.05) is 6.61 Å². The summed E-state index contributed by atoms with van der Waals surface area (Å²) in [6.07, 6.45) is 0.777. The predicted octanol–water partition coefficient (Wildman–Crippen LogP) is 1.99. The quantitative estimate of drug-likeness (QED) is 0.689. The van der Waals surface area contributed by atoms with Crippen LogP contribution in [0.2, 0.25) is 0 Å². The highest BCUT2D eigenvalue weighted by atomic mass is 16.3. The van der Waals surface area contributed by atoms with Crippen molar-refractivity contribution in [2.24, 2.45) is 40.2 Å². The van der Waals surface area contributed by atoms with E-state index in [9.17, 15) is 30.5 Å². The number of rotatable bonds is 5. The molecular weight excluding hydrogens is 356 g/mol. The molecule has 0 amide bonds. The van der Waals surface area contributed by atoms with E-state index in [1.807, 2.05) is 39.0 Å². The second-order valence-electron chi connectivity index (χ2n) is 8.43. The van der Waals surface area contributed by atoms with Gasteiger partial charge in [-0.1, -0.05) is 20.8 Å². The zero-order chi connectivity index (χ0) is 21.3. The number of hydrogen-bond donors (Lipinski definition) is 2. The largest absolute Gasteiger partial charge is 0.401 e. The Hall–Kier alpha value is -2.69. The lowest BCUT2D eigenvalue weighted by Gasteiger charge is -2.37. The summed E-state index contributed by atoms with van der Waals surface area (Å²) in [5.74, 6) is -1.74. The van der Waals surface area contributed by atoms with Crippen LogP contribution in [0.4, 0.5) is 0 Å². The Bertz CT molecular complexity index is 825. The molecule has 0 heterocycles. The van der Waals surface area contributed by atoms with Crippen molar-refractivity contribution in [3.05, 3.63) is 11.3 Å². The molecule has 0 aromatic heterocycles. The van der Waals surface area contributed by atoms with Gasteiger partial charge in [-0.2, -0.15) is 15.8 Å². The molecule has 148 valence electrons. The molecule has 2 aliphatic carbocycles. The normalized spacial score (nSPS) is 31.9. The molecule has 2 rings (SSSR count). The van der Waals surface area contributed by atoms with Crippen molar-refractivity contribution in [3.8, 4) is 18.2 Å². The molecule has 0 aromatic carbocycles. The number of ketones is 2. The first kappa shape index (κ1) is 21.6. The molecule has 7 nitrogen and oxygen atoms in total. The first-order chi connectivity index (χ1) is 13.1. The Balaban J connectivity index is 2.48. The molecule has 0 bridgehead atoms. The van der Waals surface area contributed by atoms with Gasteiger partial charge >= 0.3 is 0 Å². The lowest BCUT2D eigenvalue weighted by molar-refractivity contribution is -0.141. The maximum atomic E-state index is 13.2. The van der Waals surface area contributed by atoms with Crippen molar-refractivity contribution in [3.63, 3.8) is 0 Å². The summed E-state index contributed by atoms with van der Waals surface area (Å²) in [5, 5.41) is 38.9. The van der Waals surface area contributed by atoms with Gasteiger partial charge in [0.25, 0.3) is 0 Å². The van der Waals surface area contributed by atoms with Crippen molar-refractivity contribution < 1.29 is 14.7 Å². The van der Waals surface area contributed by atoms with E-state index in [0.717, 1.165) is 12.8 Å². The van der Waals surface area contributed by atoms with Crippen LogP contribution in [-0.4, -0.2) is 23.3 Å². The first-order valence-corrected chi connectivity index (χ1v) is 9.53. The molecule has 2 aliphatic rings. The number of Topliss-reactive ketones (excluding diaryl/α,β-unsaturated/α-hetero) is 2. The van der Waals surface area contributed by atoms with Crippen molar-refractivity contribution >= 4 is 11.6 Å². The number of allylic oxidation sites excluding steroid dienone is 1. The van der Waals surface area contributed by atoms with Gasteiger partial charge in [-0.15, -0.1) is 0 Å². The Kier molecular flexibility index (Phi) is 5.97. The van der Waals surface area contributed by atoms with Crippen LogP contribution in [-0.2, 0) is 9.59 Å². The number of carbonyl (C=O) groups is 2. The van der Waals surface area contributed by atoms with E-state index in [2.05, 4.69) is 0 Å². The van der Waals surface area contributed by atoms with Crippen molar-refractivity contribution in [2.45, 2.75) is 46.5 Å². The molecule has 3 N–H and O–H groups in total. The van der Waals surface area contributed by atoms with Gasteiger partial charge in [0.1, 0.15) is 17.0 Å². The van der Waals surface area contributed by atoms with Crippen molar-refractivity contribution in [1.29, 1.82) is 15.8 Å². The molecule has 0 aromatic rings. The molecule has 0 saturated heterocycles. The summed E-state index contributed by atoms with van der Waals surface area (Å²) in [6, 6.07) is 5.68. The van der Waals surface area contributed by atoms with Crippen LogP contribution in [0, 0.1) is 68.5 Å². The zero-order valence-corrected chi connectivity index (χ0v) is 16.5. The number of hydrogen-bond acceptors (Lipinski definition) is 7. The fourth-order valence-electron chi connectivity index (χ4n) is 4.75.